The number of fused-ring (bicyclic) bond motifs is 1. The fourth-order valence-electron chi connectivity index (χ4n) is 4.10. The lowest BCUT2D eigenvalue weighted by molar-refractivity contribution is -0.123. The summed E-state index contributed by atoms with van der Waals surface area (Å²) in [5.41, 5.74) is 6.37. The smallest absolute Gasteiger partial charge is 0.230 e. The fourth-order valence-corrected chi connectivity index (χ4v) is 5.19. The molecule has 1 aromatic carbocycles. The number of nitrogens with two attached hydrogens (primary N) is 1. The van der Waals surface area contributed by atoms with Gasteiger partial charge in [-0.2, -0.15) is 9.61 Å². The Hall–Kier alpha value is -3.05. The van der Waals surface area contributed by atoms with Crippen LogP contribution in [0.1, 0.15) is 29.3 Å². The van der Waals surface area contributed by atoms with Crippen molar-refractivity contribution in [3.05, 3.63) is 28.9 Å². The van der Waals surface area contributed by atoms with Gasteiger partial charge in [-0.25, -0.2) is 4.98 Å². The van der Waals surface area contributed by atoms with E-state index in [4.69, 9.17) is 19.9 Å². The van der Waals surface area contributed by atoms with Crippen LogP contribution in [-0.2, 0) is 4.79 Å². The van der Waals surface area contributed by atoms with E-state index in [2.05, 4.69) is 15.0 Å². The van der Waals surface area contributed by atoms with E-state index in [1.807, 2.05) is 12.1 Å². The van der Waals surface area contributed by atoms with Crippen LogP contribution in [0, 0.1) is 5.92 Å². The van der Waals surface area contributed by atoms with E-state index < -0.39 is 0 Å². The van der Waals surface area contributed by atoms with Crippen molar-refractivity contribution in [2.75, 3.05) is 34.4 Å². The van der Waals surface area contributed by atoms with E-state index in [1.54, 1.807) is 21.3 Å². The third kappa shape index (κ3) is 3.74. The molecule has 1 aliphatic rings. The van der Waals surface area contributed by atoms with Crippen molar-refractivity contribution < 1.29 is 24.1 Å². The zero-order valence-corrected chi connectivity index (χ0v) is 18.4. The standard InChI is InChI=1S/C20H25N5O5S/c1-28-13-8-12(9-14(29-2)16(13)30-3)15(24-6-4-11(5-7-24)18(21)26)17-19(27)25-20(31-17)22-10-23-25/h8-11,15,27H,4-7H2,1-3H3,(H2,21,26)/t15-/m1/s1. The molecule has 0 unspecified atom stereocenters. The molecule has 31 heavy (non-hydrogen) atoms. The number of benzene rings is 1. The van der Waals surface area contributed by atoms with Gasteiger partial charge in [0.05, 0.1) is 32.2 Å². The van der Waals surface area contributed by atoms with Crippen molar-refractivity contribution in [1.82, 2.24) is 19.5 Å². The Morgan fingerprint density at radius 3 is 2.35 bits per heavy atom. The first-order valence-electron chi connectivity index (χ1n) is 9.83. The van der Waals surface area contributed by atoms with Crippen LogP contribution in [0.5, 0.6) is 23.1 Å². The number of amides is 1. The van der Waals surface area contributed by atoms with Gasteiger partial charge in [0.25, 0.3) is 0 Å². The second-order valence-corrected chi connectivity index (χ2v) is 8.33. The Balaban J connectivity index is 1.82. The molecule has 1 saturated heterocycles. The molecule has 1 atom stereocenters. The van der Waals surface area contributed by atoms with Crippen LogP contribution < -0.4 is 19.9 Å². The number of methoxy groups -OCH3 is 3. The molecule has 3 N–H and O–H groups in total. The number of carbonyl (C=O) groups is 1. The minimum atomic E-state index is -0.323. The third-order valence-electron chi connectivity index (χ3n) is 5.69. The van der Waals surface area contributed by atoms with Crippen molar-refractivity contribution in [2.24, 2.45) is 11.7 Å². The lowest BCUT2D eigenvalue weighted by atomic mass is 9.93. The Labute approximate surface area is 183 Å². The second-order valence-electron chi connectivity index (χ2n) is 7.32. The molecule has 0 aliphatic carbocycles. The number of ether oxygens (including phenoxy) is 3. The van der Waals surface area contributed by atoms with Gasteiger partial charge in [0.2, 0.25) is 22.5 Å². The minimum Gasteiger partial charge on any atom is -0.493 e. The number of hydrogen-bond donors (Lipinski definition) is 2. The normalized spacial score (nSPS) is 16.4. The lowest BCUT2D eigenvalue weighted by Gasteiger charge is -2.36. The summed E-state index contributed by atoms with van der Waals surface area (Å²) in [5.74, 6) is 1.15. The van der Waals surface area contributed by atoms with E-state index in [1.165, 1.54) is 22.2 Å². The highest BCUT2D eigenvalue weighted by Gasteiger charge is 2.34. The highest BCUT2D eigenvalue weighted by atomic mass is 32.1. The van der Waals surface area contributed by atoms with Gasteiger partial charge in [0.1, 0.15) is 6.33 Å². The van der Waals surface area contributed by atoms with E-state index in [0.717, 1.165) is 5.56 Å². The number of carbonyl (C=O) groups excluding carboxylic acids is 1. The van der Waals surface area contributed by atoms with Crippen LogP contribution in [0.4, 0.5) is 0 Å². The first-order valence-corrected chi connectivity index (χ1v) is 10.6. The Kier molecular flexibility index (Phi) is 5.88. The van der Waals surface area contributed by atoms with Crippen LogP contribution in [0.2, 0.25) is 0 Å². The Morgan fingerprint density at radius 1 is 1.19 bits per heavy atom. The Bertz CT molecular complexity index is 1060. The van der Waals surface area contributed by atoms with Crippen molar-refractivity contribution in [2.45, 2.75) is 18.9 Å². The Morgan fingerprint density at radius 2 is 1.84 bits per heavy atom. The molecule has 3 heterocycles. The van der Waals surface area contributed by atoms with E-state index in [-0.39, 0.29) is 23.7 Å². The molecule has 1 aliphatic heterocycles. The molecule has 0 bridgehead atoms. The first kappa shape index (κ1) is 21.2. The highest BCUT2D eigenvalue weighted by molar-refractivity contribution is 7.17. The average Bonchev–Trinajstić information content (AvgIpc) is 3.36. The van der Waals surface area contributed by atoms with Crippen molar-refractivity contribution in [3.8, 4) is 23.1 Å². The summed E-state index contributed by atoms with van der Waals surface area (Å²) < 4.78 is 18.0. The molecule has 0 saturated carbocycles. The van der Waals surface area contributed by atoms with E-state index in [0.29, 0.717) is 53.0 Å². The van der Waals surface area contributed by atoms with E-state index >= 15 is 0 Å². The molecule has 11 heteroatoms. The molecule has 2 aromatic heterocycles. The summed E-state index contributed by atoms with van der Waals surface area (Å²) >= 11 is 1.36. The maximum Gasteiger partial charge on any atom is 0.230 e. The van der Waals surface area contributed by atoms with Gasteiger partial charge in [-0.15, -0.1) is 0 Å². The maximum atomic E-state index is 11.6. The molecule has 3 aromatic rings. The largest absolute Gasteiger partial charge is 0.493 e. The summed E-state index contributed by atoms with van der Waals surface area (Å²) in [6, 6.07) is 3.43. The highest BCUT2D eigenvalue weighted by Crippen LogP contribution is 2.46. The minimum absolute atomic E-state index is 0.0354. The number of aromatic hydroxyl groups is 1. The van der Waals surface area contributed by atoms with Crippen molar-refractivity contribution in [3.63, 3.8) is 0 Å². The lowest BCUT2D eigenvalue weighted by Crippen LogP contribution is -2.40. The molecule has 1 amide bonds. The second kappa shape index (κ2) is 8.60. The number of nitrogens with zero attached hydrogens (tertiary/aromatic N) is 4. The number of rotatable bonds is 7. The molecule has 10 nitrogen and oxygen atoms in total. The van der Waals surface area contributed by atoms with Gasteiger partial charge in [0.15, 0.2) is 11.5 Å². The molecule has 0 radical (unpaired) electrons. The monoisotopic (exact) mass is 447 g/mol. The van der Waals surface area contributed by atoms with Gasteiger partial charge >= 0.3 is 0 Å². The zero-order chi connectivity index (χ0) is 22.1. The summed E-state index contributed by atoms with van der Waals surface area (Å²) in [6.45, 7) is 1.28. The first-order chi connectivity index (χ1) is 15.0. The topological polar surface area (TPSA) is 124 Å². The predicted octanol–water partition coefficient (Wildman–Crippen LogP) is 1.81. The number of thiazole rings is 1. The molecule has 0 spiro atoms. The maximum absolute atomic E-state index is 11.6. The molecule has 1 fully saturated rings. The third-order valence-corrected chi connectivity index (χ3v) is 6.77. The number of piperidine rings is 1. The van der Waals surface area contributed by atoms with Crippen LogP contribution in [-0.4, -0.2) is 64.9 Å². The molecular weight excluding hydrogens is 422 g/mol. The quantitative estimate of drug-likeness (QED) is 0.562. The number of primary amides is 1. The van der Waals surface area contributed by atoms with Crippen LogP contribution in [0.15, 0.2) is 18.5 Å². The molecule has 4 rings (SSSR count). The summed E-state index contributed by atoms with van der Waals surface area (Å²) in [5, 5.41) is 15.0. The summed E-state index contributed by atoms with van der Waals surface area (Å²) in [6.07, 6.45) is 2.71. The van der Waals surface area contributed by atoms with Crippen molar-refractivity contribution >= 4 is 22.2 Å². The zero-order valence-electron chi connectivity index (χ0n) is 17.6. The number of aromatic nitrogens is 3. The average molecular weight is 448 g/mol. The summed E-state index contributed by atoms with van der Waals surface area (Å²) in [7, 11) is 4.68. The SMILES string of the molecule is COc1cc([C@H](c2sc3ncnn3c2O)N2CCC(C(N)=O)CC2)cc(OC)c1OC. The molecular formula is C20H25N5O5S. The van der Waals surface area contributed by atoms with Crippen LogP contribution in [0.25, 0.3) is 4.96 Å². The van der Waals surface area contributed by atoms with Gasteiger partial charge < -0.3 is 25.1 Å². The number of likely N-dealkylation sites (tertiary alicyclic amines) is 1. The predicted molar refractivity (Wildman–Crippen MR) is 114 cm³/mol. The van der Waals surface area contributed by atoms with E-state index in [9.17, 15) is 9.90 Å². The van der Waals surface area contributed by atoms with Gasteiger partial charge in [0, 0.05) is 5.92 Å². The van der Waals surface area contributed by atoms with Gasteiger partial charge in [-0.3, -0.25) is 9.69 Å². The van der Waals surface area contributed by atoms with Crippen molar-refractivity contribution in [1.29, 1.82) is 0 Å². The van der Waals surface area contributed by atoms with Gasteiger partial charge in [-0.1, -0.05) is 11.3 Å². The van der Waals surface area contributed by atoms with Gasteiger partial charge in [-0.05, 0) is 43.6 Å². The summed E-state index contributed by atoms with van der Waals surface area (Å²) in [4.78, 5) is 19.4. The van der Waals surface area contributed by atoms with Crippen LogP contribution in [0.3, 0.4) is 0 Å². The molecule has 166 valence electrons. The van der Waals surface area contributed by atoms with Crippen LogP contribution >= 0.6 is 11.3 Å². The number of hydrogen-bond acceptors (Lipinski definition) is 9. The fraction of sp³-hybridized carbons (Fsp3) is 0.450.